The minimum Gasteiger partial charge on any atom is -0.491 e. The molecule has 0 heterocycles. The fourth-order valence-corrected chi connectivity index (χ4v) is 2.89. The van der Waals surface area contributed by atoms with Gasteiger partial charge in [-0.15, -0.1) is 0 Å². The van der Waals surface area contributed by atoms with Crippen molar-refractivity contribution in [2.75, 3.05) is 5.32 Å². The Morgan fingerprint density at radius 2 is 1.64 bits per heavy atom. The van der Waals surface area contributed by atoms with E-state index in [0.29, 0.717) is 5.69 Å². The Morgan fingerprint density at radius 3 is 2.20 bits per heavy atom. The van der Waals surface area contributed by atoms with E-state index in [-0.39, 0.29) is 24.0 Å². The Hall–Kier alpha value is -2.04. The van der Waals surface area contributed by atoms with Crippen molar-refractivity contribution in [3.05, 3.63) is 24.3 Å². The molecule has 1 aliphatic rings. The van der Waals surface area contributed by atoms with Crippen molar-refractivity contribution >= 4 is 17.5 Å². The quantitative estimate of drug-likeness (QED) is 0.768. The molecule has 1 aliphatic carbocycles. The fourth-order valence-electron chi connectivity index (χ4n) is 2.89. The molecule has 1 saturated carbocycles. The van der Waals surface area contributed by atoms with Crippen LogP contribution in [0.15, 0.2) is 24.3 Å². The van der Waals surface area contributed by atoms with E-state index in [1.165, 1.54) is 6.42 Å². The van der Waals surface area contributed by atoms with E-state index < -0.39 is 5.41 Å². The van der Waals surface area contributed by atoms with Crippen LogP contribution < -0.4 is 15.4 Å². The van der Waals surface area contributed by atoms with Crippen molar-refractivity contribution in [3.63, 3.8) is 0 Å². The molecule has 0 aliphatic heterocycles. The first-order valence-corrected chi connectivity index (χ1v) is 9.18. The number of hydrogen-bond acceptors (Lipinski definition) is 3. The van der Waals surface area contributed by atoms with E-state index in [1.807, 2.05) is 26.0 Å². The molecule has 5 nitrogen and oxygen atoms in total. The van der Waals surface area contributed by atoms with Gasteiger partial charge in [0.15, 0.2) is 0 Å². The lowest BCUT2D eigenvalue weighted by Crippen LogP contribution is -2.49. The van der Waals surface area contributed by atoms with Gasteiger partial charge in [-0.25, -0.2) is 0 Å². The Bertz CT molecular complexity index is 587. The molecule has 0 atom stereocenters. The molecule has 2 rings (SSSR count). The van der Waals surface area contributed by atoms with Crippen LogP contribution in [-0.4, -0.2) is 24.0 Å². The molecule has 0 saturated heterocycles. The number of benzene rings is 1. The average molecular weight is 346 g/mol. The first-order valence-electron chi connectivity index (χ1n) is 9.18. The molecule has 2 N–H and O–H groups in total. The summed E-state index contributed by atoms with van der Waals surface area (Å²) in [7, 11) is 0. The standard InChI is InChI=1S/C20H30N2O3/c1-14(2)25-17-12-10-16(11-13-17)22-19(24)20(3,4)18(23)21-15-8-6-5-7-9-15/h10-15H,5-9H2,1-4H3,(H,21,23)(H,22,24). The summed E-state index contributed by atoms with van der Waals surface area (Å²) in [6.07, 6.45) is 5.61. The predicted octanol–water partition coefficient (Wildman–Crippen LogP) is 3.89. The Morgan fingerprint density at radius 1 is 1.04 bits per heavy atom. The third-order valence-corrected chi connectivity index (χ3v) is 4.56. The molecule has 2 amide bonds. The van der Waals surface area contributed by atoms with Crippen LogP contribution in [0.1, 0.15) is 59.8 Å². The summed E-state index contributed by atoms with van der Waals surface area (Å²) in [5.74, 6) is 0.234. The molecule has 5 heteroatoms. The van der Waals surface area contributed by atoms with Gasteiger partial charge >= 0.3 is 0 Å². The molecule has 1 fully saturated rings. The first-order chi connectivity index (χ1) is 11.8. The van der Waals surface area contributed by atoms with E-state index in [9.17, 15) is 9.59 Å². The summed E-state index contributed by atoms with van der Waals surface area (Å²) in [6.45, 7) is 7.25. The van der Waals surface area contributed by atoms with Gasteiger partial charge in [0.25, 0.3) is 0 Å². The summed E-state index contributed by atoms with van der Waals surface area (Å²) in [4.78, 5) is 25.1. The van der Waals surface area contributed by atoms with Crippen molar-refractivity contribution in [1.82, 2.24) is 5.32 Å². The van der Waals surface area contributed by atoms with Crippen LogP contribution in [0.3, 0.4) is 0 Å². The number of rotatable bonds is 6. The first kappa shape index (κ1) is 19.3. The highest BCUT2D eigenvalue weighted by molar-refractivity contribution is 6.09. The second-order valence-electron chi connectivity index (χ2n) is 7.58. The van der Waals surface area contributed by atoms with Crippen LogP contribution >= 0.6 is 0 Å². The molecule has 0 radical (unpaired) electrons. The third-order valence-electron chi connectivity index (χ3n) is 4.56. The summed E-state index contributed by atoms with van der Waals surface area (Å²) < 4.78 is 5.59. The number of anilines is 1. The highest BCUT2D eigenvalue weighted by Crippen LogP contribution is 2.23. The Labute approximate surface area is 150 Å². The molecule has 0 spiro atoms. The largest absolute Gasteiger partial charge is 0.491 e. The van der Waals surface area contributed by atoms with Crippen molar-refractivity contribution in [3.8, 4) is 5.75 Å². The molecule has 1 aromatic rings. The average Bonchev–Trinajstić information content (AvgIpc) is 2.57. The second kappa shape index (κ2) is 8.37. The van der Waals surface area contributed by atoms with Crippen LogP contribution in [0.5, 0.6) is 5.75 Å². The van der Waals surface area contributed by atoms with Gasteiger partial charge in [0.1, 0.15) is 11.2 Å². The zero-order valence-corrected chi connectivity index (χ0v) is 15.7. The van der Waals surface area contributed by atoms with E-state index in [4.69, 9.17) is 4.74 Å². The maximum Gasteiger partial charge on any atom is 0.239 e. The zero-order chi connectivity index (χ0) is 18.4. The molecule has 25 heavy (non-hydrogen) atoms. The van der Waals surface area contributed by atoms with E-state index in [2.05, 4.69) is 10.6 Å². The summed E-state index contributed by atoms with van der Waals surface area (Å²) in [6, 6.07) is 7.38. The summed E-state index contributed by atoms with van der Waals surface area (Å²) in [5, 5.41) is 5.86. The van der Waals surface area contributed by atoms with Gasteiger partial charge in [-0.2, -0.15) is 0 Å². The SMILES string of the molecule is CC(C)Oc1ccc(NC(=O)C(C)(C)C(=O)NC2CCCCC2)cc1. The number of ether oxygens (including phenoxy) is 1. The molecule has 0 unspecified atom stereocenters. The normalized spacial score (nSPS) is 15.7. The van der Waals surface area contributed by atoms with Crippen LogP contribution in [0.2, 0.25) is 0 Å². The lowest BCUT2D eigenvalue weighted by molar-refractivity contribution is -0.139. The minimum absolute atomic E-state index is 0.0999. The van der Waals surface area contributed by atoms with Crippen molar-refractivity contribution in [2.24, 2.45) is 5.41 Å². The zero-order valence-electron chi connectivity index (χ0n) is 15.7. The number of amides is 2. The number of nitrogens with one attached hydrogen (secondary N) is 2. The second-order valence-corrected chi connectivity index (χ2v) is 7.58. The number of carbonyl (C=O) groups excluding carboxylic acids is 2. The van der Waals surface area contributed by atoms with Crippen LogP contribution in [0, 0.1) is 5.41 Å². The van der Waals surface area contributed by atoms with E-state index in [1.54, 1.807) is 26.0 Å². The lowest BCUT2D eigenvalue weighted by atomic mass is 9.88. The smallest absolute Gasteiger partial charge is 0.239 e. The van der Waals surface area contributed by atoms with Crippen molar-refractivity contribution < 1.29 is 14.3 Å². The highest BCUT2D eigenvalue weighted by atomic mass is 16.5. The highest BCUT2D eigenvalue weighted by Gasteiger charge is 2.37. The topological polar surface area (TPSA) is 67.4 Å². The minimum atomic E-state index is -1.12. The molecule has 0 bridgehead atoms. The summed E-state index contributed by atoms with van der Waals surface area (Å²) >= 11 is 0. The molecular weight excluding hydrogens is 316 g/mol. The Balaban J connectivity index is 1.94. The predicted molar refractivity (Wildman–Crippen MR) is 99.6 cm³/mol. The molecule has 138 valence electrons. The summed E-state index contributed by atoms with van der Waals surface area (Å²) in [5.41, 5.74) is -0.468. The van der Waals surface area contributed by atoms with E-state index in [0.717, 1.165) is 31.4 Å². The molecular formula is C20H30N2O3. The van der Waals surface area contributed by atoms with Gasteiger partial charge in [0, 0.05) is 11.7 Å². The monoisotopic (exact) mass is 346 g/mol. The van der Waals surface area contributed by atoms with Gasteiger partial charge in [-0.05, 0) is 64.8 Å². The lowest BCUT2D eigenvalue weighted by Gasteiger charge is -2.28. The number of carbonyl (C=O) groups is 2. The van der Waals surface area contributed by atoms with Crippen LogP contribution in [0.25, 0.3) is 0 Å². The fraction of sp³-hybridized carbons (Fsp3) is 0.600. The van der Waals surface area contributed by atoms with Crippen LogP contribution in [0.4, 0.5) is 5.69 Å². The van der Waals surface area contributed by atoms with Crippen molar-refractivity contribution in [2.45, 2.75) is 71.9 Å². The van der Waals surface area contributed by atoms with Crippen LogP contribution in [-0.2, 0) is 9.59 Å². The van der Waals surface area contributed by atoms with Gasteiger partial charge in [0.2, 0.25) is 11.8 Å². The van der Waals surface area contributed by atoms with Gasteiger partial charge in [-0.3, -0.25) is 9.59 Å². The van der Waals surface area contributed by atoms with E-state index >= 15 is 0 Å². The molecule has 0 aromatic heterocycles. The van der Waals surface area contributed by atoms with Gasteiger partial charge < -0.3 is 15.4 Å². The van der Waals surface area contributed by atoms with Gasteiger partial charge in [-0.1, -0.05) is 19.3 Å². The Kier molecular flexibility index (Phi) is 6.45. The van der Waals surface area contributed by atoms with Crippen molar-refractivity contribution in [1.29, 1.82) is 0 Å². The maximum atomic E-state index is 12.6. The van der Waals surface area contributed by atoms with Gasteiger partial charge in [0.05, 0.1) is 6.10 Å². The third kappa shape index (κ3) is 5.48. The maximum absolute atomic E-state index is 12.6. The number of hydrogen-bond donors (Lipinski definition) is 2. The molecule has 1 aromatic carbocycles.